The molecule has 0 saturated carbocycles. The summed E-state index contributed by atoms with van der Waals surface area (Å²) in [4.78, 5) is 148. The lowest BCUT2D eigenvalue weighted by Crippen LogP contribution is -2.46. The molecule has 0 saturated heterocycles. The number of alkyl carbamates (subject to hydrolysis) is 4. The fourth-order valence-corrected chi connectivity index (χ4v) is 6.84. The number of aliphatic carboxylic acids is 4. The second-order valence-electron chi connectivity index (χ2n) is 23.6. The molecular weight excluding hydrogens is 1400 g/mol. The number of rotatable bonds is 25. The van der Waals surface area contributed by atoms with Crippen molar-refractivity contribution < 1.29 is 130 Å². The molecule has 41 heteroatoms. The molecule has 8 N–H and O–H groups in total. The van der Waals surface area contributed by atoms with Gasteiger partial charge in [0.15, 0.2) is 41.4 Å². The lowest BCUT2D eigenvalue weighted by Gasteiger charge is -2.22. The van der Waals surface area contributed by atoms with Gasteiger partial charge in [-0.15, -0.1) is 0 Å². The van der Waals surface area contributed by atoms with Crippen LogP contribution < -0.4 is 40.2 Å². The normalized spacial score (nSPS) is 12.1. The fourth-order valence-electron chi connectivity index (χ4n) is 6.49. The summed E-state index contributed by atoms with van der Waals surface area (Å²) in [7, 11) is 1.12. The predicted octanol–water partition coefficient (Wildman–Crippen LogP) is 8.20. The number of carboxylic acids is 4. The molecular formula is C58H73BrFN9O30. The van der Waals surface area contributed by atoms with E-state index in [2.05, 4.69) is 46.9 Å². The van der Waals surface area contributed by atoms with E-state index >= 15 is 0 Å². The topological polar surface area (TPSA) is 551 Å². The molecule has 0 spiro atoms. The molecule has 0 bridgehead atoms. The summed E-state index contributed by atoms with van der Waals surface area (Å²) in [6.45, 7) is 18.7. The lowest BCUT2D eigenvalue weighted by atomic mass is 10.2. The zero-order valence-electron chi connectivity index (χ0n) is 55.4. The second kappa shape index (κ2) is 38.3. The third-order valence-electron chi connectivity index (χ3n) is 10.5. The summed E-state index contributed by atoms with van der Waals surface area (Å²) in [5.41, 5.74) is -4.81. The van der Waals surface area contributed by atoms with Gasteiger partial charge < -0.3 is 84.3 Å². The van der Waals surface area contributed by atoms with E-state index in [-0.39, 0.29) is 34.4 Å². The summed E-state index contributed by atoms with van der Waals surface area (Å²) >= 11 is 3.10. The zero-order valence-corrected chi connectivity index (χ0v) is 57.0. The molecule has 0 unspecified atom stereocenters. The number of pyridine rings is 1. The number of nitrogens with one attached hydrogen (secondary N) is 4. The van der Waals surface area contributed by atoms with Gasteiger partial charge in [0.05, 0.1) is 38.4 Å². The maximum atomic E-state index is 13.0. The van der Waals surface area contributed by atoms with E-state index in [0.717, 1.165) is 31.4 Å². The van der Waals surface area contributed by atoms with Crippen LogP contribution in [0.3, 0.4) is 0 Å². The lowest BCUT2D eigenvalue weighted by molar-refractivity contribution is -0.386. The first-order valence-corrected chi connectivity index (χ1v) is 29.0. The molecule has 544 valence electrons. The molecule has 1 aromatic heterocycles. The van der Waals surface area contributed by atoms with Crippen LogP contribution in [0.2, 0.25) is 0 Å². The van der Waals surface area contributed by atoms with Crippen molar-refractivity contribution in [2.24, 2.45) is 0 Å². The van der Waals surface area contributed by atoms with Gasteiger partial charge in [-0.3, -0.25) is 40.5 Å². The Morgan fingerprint density at radius 2 is 0.768 bits per heavy atom. The number of carbonyl (C=O) groups excluding carboxylic acids is 5. The SMILES string of the molecule is CC(C)(C)OC(=O)N[C@@H](COc1ccc(Br)cc1[N+](=O)[O-])C(=O)O.CC(C)(C)OC(=O)N[C@@H](COc1ccc(F)cc1[N+](=O)[O-])C(=O)O.COC(=O)c1ccc(OC[C@H](NC(=O)OC(C)(C)C)C(=O)O)c([N+](=O)[O-])c1.Cc1ccc([N+](=O)[O-])c(OC[C@H](NC(=O)OC(C)(C)C)C(=O)O)n1. The number of benzene rings is 3. The highest BCUT2D eigenvalue weighted by atomic mass is 79.9. The van der Waals surface area contributed by atoms with Gasteiger partial charge in [0.25, 0.3) is 5.88 Å². The van der Waals surface area contributed by atoms with E-state index in [1.54, 1.807) is 90.0 Å². The highest BCUT2D eigenvalue weighted by Gasteiger charge is 2.32. The second-order valence-corrected chi connectivity index (χ2v) is 24.5. The molecule has 0 aliphatic heterocycles. The number of hydrogen-bond donors (Lipinski definition) is 8. The molecule has 1 heterocycles. The highest BCUT2D eigenvalue weighted by molar-refractivity contribution is 9.10. The van der Waals surface area contributed by atoms with Gasteiger partial charge in [0, 0.05) is 28.4 Å². The smallest absolute Gasteiger partial charge is 0.408 e. The van der Waals surface area contributed by atoms with Crippen molar-refractivity contribution in [2.75, 3.05) is 33.5 Å². The van der Waals surface area contributed by atoms with Gasteiger partial charge in [-0.2, -0.15) is 0 Å². The number of halogens is 2. The molecule has 0 aliphatic carbocycles. The summed E-state index contributed by atoms with van der Waals surface area (Å²) in [6, 6.07) is 6.67. The number of methoxy groups -OCH3 is 1. The average molecular weight is 1480 g/mol. The Balaban J connectivity index is 0.000000661. The minimum absolute atomic E-state index is 0.0711. The van der Waals surface area contributed by atoms with E-state index in [4.69, 9.17) is 53.2 Å². The van der Waals surface area contributed by atoms with Crippen LogP contribution in [0.15, 0.2) is 71.2 Å². The third-order valence-corrected chi connectivity index (χ3v) is 11.0. The molecule has 0 radical (unpaired) electrons. The van der Waals surface area contributed by atoms with E-state index < -0.39 is 170 Å². The van der Waals surface area contributed by atoms with Crippen LogP contribution in [0, 0.1) is 53.2 Å². The monoisotopic (exact) mass is 1470 g/mol. The average Bonchev–Trinajstić information content (AvgIpc) is 0.851. The quantitative estimate of drug-likeness (QED) is 0.0134. The van der Waals surface area contributed by atoms with Crippen molar-refractivity contribution in [2.45, 2.75) is 137 Å². The Labute approximate surface area is 569 Å². The number of carbonyl (C=O) groups is 9. The van der Waals surface area contributed by atoms with Crippen LogP contribution >= 0.6 is 15.9 Å². The minimum atomic E-state index is -1.51. The van der Waals surface area contributed by atoms with Crippen molar-refractivity contribution in [3.8, 4) is 23.1 Å². The number of nitrogens with zero attached hydrogens (tertiary/aromatic N) is 5. The number of nitro benzene ring substituents is 3. The molecule has 4 rings (SSSR count). The van der Waals surface area contributed by atoms with Gasteiger partial charge in [-0.1, -0.05) is 15.9 Å². The number of aryl methyl sites for hydroxylation is 1. The van der Waals surface area contributed by atoms with Crippen molar-refractivity contribution >= 4 is 92.9 Å². The number of carboxylic acid groups (broad SMARTS) is 4. The molecule has 3 aromatic carbocycles. The fraction of sp³-hybridized carbons (Fsp3) is 0.448. The largest absolute Gasteiger partial charge is 0.484 e. The van der Waals surface area contributed by atoms with Crippen LogP contribution in [-0.4, -0.2) is 179 Å². The number of hydrogen-bond acceptors (Lipinski definition) is 27. The molecule has 39 nitrogen and oxygen atoms in total. The van der Waals surface area contributed by atoms with E-state index in [1.807, 2.05) is 0 Å². The van der Waals surface area contributed by atoms with Gasteiger partial charge in [0.2, 0.25) is 0 Å². The first kappa shape index (κ1) is 85.5. The van der Waals surface area contributed by atoms with Crippen LogP contribution in [0.25, 0.3) is 0 Å². The molecule has 0 aliphatic rings. The summed E-state index contributed by atoms with van der Waals surface area (Å²) in [6.07, 6.45) is -3.82. The van der Waals surface area contributed by atoms with E-state index in [1.165, 1.54) is 36.4 Å². The van der Waals surface area contributed by atoms with Crippen LogP contribution in [-0.2, 0) is 42.9 Å². The van der Waals surface area contributed by atoms with Gasteiger partial charge in [0.1, 0.15) is 54.6 Å². The minimum Gasteiger partial charge on any atom is -0.484 e. The van der Waals surface area contributed by atoms with Gasteiger partial charge in [-0.05, 0) is 132 Å². The molecule has 99 heavy (non-hydrogen) atoms. The van der Waals surface area contributed by atoms with E-state index in [9.17, 15) is 93.1 Å². The molecule has 0 fully saturated rings. The number of aromatic nitrogens is 1. The Hall–Kier alpha value is -11.5. The Morgan fingerprint density at radius 1 is 0.465 bits per heavy atom. The van der Waals surface area contributed by atoms with Crippen LogP contribution in [0.1, 0.15) is 99.1 Å². The number of ether oxygens (including phenoxy) is 9. The Morgan fingerprint density at radius 3 is 1.08 bits per heavy atom. The Kier molecular flexibility index (Phi) is 33.0. The van der Waals surface area contributed by atoms with Crippen LogP contribution in [0.4, 0.5) is 46.3 Å². The first-order chi connectivity index (χ1) is 45.4. The number of amides is 4. The van der Waals surface area contributed by atoms with Gasteiger partial charge in [-0.25, -0.2) is 52.5 Å². The van der Waals surface area contributed by atoms with Crippen LogP contribution in [0.5, 0.6) is 23.1 Å². The molecule has 4 amide bonds. The summed E-state index contributed by atoms with van der Waals surface area (Å²) < 4.78 is 58.3. The van der Waals surface area contributed by atoms with Crippen molar-refractivity contribution in [1.82, 2.24) is 26.3 Å². The van der Waals surface area contributed by atoms with Crippen molar-refractivity contribution in [3.63, 3.8) is 0 Å². The zero-order chi connectivity index (χ0) is 76.2. The Bertz CT molecular complexity index is 3480. The first-order valence-electron chi connectivity index (χ1n) is 28.2. The predicted molar refractivity (Wildman–Crippen MR) is 339 cm³/mol. The standard InChI is InChI=1S/C16H20N2O9.C14H17BrN2O7.C14H17FN2O7.C14H19N3O7/c1-16(2,3)27-15(22)17-10(13(19)20)8-26-12-6-5-9(14(21)25-4)7-11(12)18(23)24;2*1-14(2,3)24-13(20)16-9(12(18)19)7-23-11-5-4-8(15)6-10(11)17(21)22;1-8-5-6-10(17(21)22)11(15-8)23-7-9(12(18)19)16-13(20)24-14(2,3)4/h5-7,10H,8H2,1-4H3,(H,17,22)(H,19,20);2*4-6,9H,7H2,1-3H3,(H,16,20)(H,18,19);5-6,9H,7H2,1-4H3,(H,16,20)(H,18,19)/t10-;3*9-/m0000/s1. The molecule has 4 atom stereocenters. The summed E-state index contributed by atoms with van der Waals surface area (Å²) in [5.74, 6) is -8.23. The maximum absolute atomic E-state index is 13.0. The third kappa shape index (κ3) is 34.1. The highest BCUT2D eigenvalue weighted by Crippen LogP contribution is 2.32. The maximum Gasteiger partial charge on any atom is 0.408 e. The summed E-state index contributed by atoms with van der Waals surface area (Å²) in [5, 5.41) is 88.9. The van der Waals surface area contributed by atoms with Gasteiger partial charge >= 0.3 is 77.0 Å². The number of esters is 1. The van der Waals surface area contributed by atoms with Crippen molar-refractivity contribution in [3.05, 3.63) is 129 Å². The number of nitro groups is 4. The van der Waals surface area contributed by atoms with E-state index in [0.29, 0.717) is 16.2 Å². The molecule has 4 aromatic rings. The van der Waals surface area contributed by atoms with Crippen molar-refractivity contribution in [1.29, 1.82) is 0 Å².